The van der Waals surface area contributed by atoms with E-state index in [2.05, 4.69) is 80.0 Å². The molecule has 1 unspecified atom stereocenters. The Hall–Kier alpha value is -1.30. The Labute approximate surface area is 178 Å². The lowest BCUT2D eigenvalue weighted by molar-refractivity contribution is 0.257. The Morgan fingerprint density at radius 1 is 0.690 bits per heavy atom. The van der Waals surface area contributed by atoms with Gasteiger partial charge in [0.25, 0.3) is 0 Å². The molecule has 0 nitrogen and oxygen atoms in total. The van der Waals surface area contributed by atoms with E-state index in [9.17, 15) is 0 Å². The van der Waals surface area contributed by atoms with Crippen molar-refractivity contribution in [1.29, 1.82) is 0 Å². The minimum Gasteiger partial charge on any atom is -0.0723 e. The molecule has 5 rings (SSSR count). The van der Waals surface area contributed by atoms with Crippen molar-refractivity contribution < 1.29 is 0 Å². The van der Waals surface area contributed by atoms with Crippen LogP contribution >= 0.6 is 0 Å². The van der Waals surface area contributed by atoms with E-state index < -0.39 is 0 Å². The third-order valence-corrected chi connectivity index (χ3v) is 9.08. The fraction of sp³-hybridized carbons (Fsp3) is 0.621. The molecule has 0 heteroatoms. The van der Waals surface area contributed by atoms with Gasteiger partial charge in [-0.1, -0.05) is 79.2 Å². The van der Waals surface area contributed by atoms with Crippen molar-refractivity contribution in [2.75, 3.05) is 0 Å². The number of fused-ring (bicyclic) bond motifs is 3. The standard InChI is InChI=1S/C29H39/c1-26(2)9-11-28(5,6)24-16-20-18(14-22(24)26)13-19-15-23-25(17-21(19)20)29(7,8)12-10-27(23,3)4/h13-16,18H,9-12,17H2,1-8H3. The Kier molecular flexibility index (Phi) is 3.85. The molecule has 155 valence electrons. The molecule has 0 spiro atoms. The molecular formula is C29H39. The first-order valence-electron chi connectivity index (χ1n) is 11.8. The summed E-state index contributed by atoms with van der Waals surface area (Å²) in [5.74, 6) is 0.482. The van der Waals surface area contributed by atoms with Gasteiger partial charge >= 0.3 is 0 Å². The SMILES string of the molecule is CC1(C)CCC(C)(C)C2=CC3[CH]C4=CC5=C(CC4=C3C=C21)C(C)(C)CCC5(C)C. The van der Waals surface area contributed by atoms with E-state index >= 15 is 0 Å². The van der Waals surface area contributed by atoms with Gasteiger partial charge in [-0.2, -0.15) is 0 Å². The van der Waals surface area contributed by atoms with Crippen molar-refractivity contribution in [3.05, 3.63) is 63.7 Å². The van der Waals surface area contributed by atoms with Gasteiger partial charge in [0.05, 0.1) is 0 Å². The van der Waals surface area contributed by atoms with Gasteiger partial charge in [0.1, 0.15) is 0 Å². The number of hydrogen-bond donors (Lipinski definition) is 0. The fourth-order valence-electron chi connectivity index (χ4n) is 6.59. The quantitative estimate of drug-likeness (QED) is 0.392. The average Bonchev–Trinajstić information content (AvgIpc) is 2.98. The molecule has 1 fully saturated rings. The van der Waals surface area contributed by atoms with Crippen LogP contribution in [0.5, 0.6) is 0 Å². The van der Waals surface area contributed by atoms with Crippen molar-refractivity contribution in [3.63, 3.8) is 0 Å². The van der Waals surface area contributed by atoms with Gasteiger partial charge in [-0.15, -0.1) is 0 Å². The van der Waals surface area contributed by atoms with Gasteiger partial charge in [-0.3, -0.25) is 0 Å². The lowest BCUT2D eigenvalue weighted by Gasteiger charge is -2.46. The highest BCUT2D eigenvalue weighted by molar-refractivity contribution is 5.67. The third-order valence-electron chi connectivity index (χ3n) is 9.08. The van der Waals surface area contributed by atoms with Crippen LogP contribution in [0.1, 0.15) is 87.5 Å². The van der Waals surface area contributed by atoms with Gasteiger partial charge < -0.3 is 0 Å². The minimum atomic E-state index is 0.289. The van der Waals surface area contributed by atoms with Crippen molar-refractivity contribution in [1.82, 2.24) is 0 Å². The zero-order valence-corrected chi connectivity index (χ0v) is 19.9. The van der Waals surface area contributed by atoms with Crippen LogP contribution in [0.4, 0.5) is 0 Å². The molecule has 1 saturated carbocycles. The number of allylic oxidation sites excluding steroid dienone is 10. The second kappa shape index (κ2) is 5.68. The molecule has 0 aromatic carbocycles. The van der Waals surface area contributed by atoms with Crippen molar-refractivity contribution in [3.8, 4) is 0 Å². The maximum atomic E-state index is 2.63. The molecule has 5 aliphatic carbocycles. The minimum absolute atomic E-state index is 0.289. The highest BCUT2D eigenvalue weighted by Crippen LogP contribution is 2.60. The first-order valence-corrected chi connectivity index (χ1v) is 11.8. The molecule has 0 heterocycles. The molecule has 1 radical (unpaired) electrons. The molecule has 1 atom stereocenters. The fourth-order valence-corrected chi connectivity index (χ4v) is 6.59. The first kappa shape index (κ1) is 19.7. The normalized spacial score (nSPS) is 33.1. The average molecular weight is 388 g/mol. The summed E-state index contributed by atoms with van der Waals surface area (Å²) in [6, 6.07) is 0. The Morgan fingerprint density at radius 2 is 1.28 bits per heavy atom. The number of rotatable bonds is 0. The summed E-state index contributed by atoms with van der Waals surface area (Å²) < 4.78 is 0. The predicted molar refractivity (Wildman–Crippen MR) is 124 cm³/mol. The summed E-state index contributed by atoms with van der Waals surface area (Å²) in [5.41, 5.74) is 12.6. The Bertz CT molecular complexity index is 946. The van der Waals surface area contributed by atoms with Crippen molar-refractivity contribution >= 4 is 0 Å². The lowest BCUT2D eigenvalue weighted by atomic mass is 9.58. The summed E-state index contributed by atoms with van der Waals surface area (Å²) >= 11 is 0. The molecule has 5 aliphatic rings. The molecule has 0 aliphatic heterocycles. The maximum absolute atomic E-state index is 2.63. The smallest absolute Gasteiger partial charge is 0.0102 e. The van der Waals surface area contributed by atoms with Gasteiger partial charge in [0, 0.05) is 12.3 Å². The molecule has 29 heavy (non-hydrogen) atoms. The molecule has 0 aromatic heterocycles. The molecule has 0 bridgehead atoms. The highest BCUT2D eigenvalue weighted by atomic mass is 14.5. The lowest BCUT2D eigenvalue weighted by Crippen LogP contribution is -2.34. The van der Waals surface area contributed by atoms with Gasteiger partial charge in [0.2, 0.25) is 0 Å². The molecule has 0 aromatic rings. The summed E-state index contributed by atoms with van der Waals surface area (Å²) in [6.07, 6.45) is 16.8. The van der Waals surface area contributed by atoms with Crippen LogP contribution < -0.4 is 0 Å². The van der Waals surface area contributed by atoms with Gasteiger partial charge in [0.15, 0.2) is 0 Å². The van der Waals surface area contributed by atoms with E-state index in [1.54, 1.807) is 33.4 Å². The highest BCUT2D eigenvalue weighted by Gasteiger charge is 2.46. The van der Waals surface area contributed by atoms with Crippen LogP contribution in [0, 0.1) is 34.0 Å². The molecule has 0 amide bonds. The van der Waals surface area contributed by atoms with E-state index in [4.69, 9.17) is 0 Å². The van der Waals surface area contributed by atoms with Crippen molar-refractivity contribution in [2.45, 2.75) is 87.5 Å². The van der Waals surface area contributed by atoms with Crippen LogP contribution in [0.25, 0.3) is 0 Å². The molecule has 0 saturated heterocycles. The third kappa shape index (κ3) is 2.77. The van der Waals surface area contributed by atoms with Crippen LogP contribution in [-0.4, -0.2) is 0 Å². The van der Waals surface area contributed by atoms with E-state index in [1.165, 1.54) is 31.3 Å². The summed E-state index contributed by atoms with van der Waals surface area (Å²) in [7, 11) is 0. The topological polar surface area (TPSA) is 0 Å². The second-order valence-corrected chi connectivity index (χ2v) is 13.0. The summed E-state index contributed by atoms with van der Waals surface area (Å²) in [5, 5.41) is 0. The van der Waals surface area contributed by atoms with Crippen LogP contribution in [-0.2, 0) is 0 Å². The van der Waals surface area contributed by atoms with E-state index in [0.29, 0.717) is 22.2 Å². The van der Waals surface area contributed by atoms with Gasteiger partial charge in [-0.05, 0) is 87.2 Å². The van der Waals surface area contributed by atoms with Crippen molar-refractivity contribution in [2.24, 2.45) is 27.6 Å². The van der Waals surface area contributed by atoms with E-state index in [-0.39, 0.29) is 5.41 Å². The van der Waals surface area contributed by atoms with Crippen LogP contribution in [0.15, 0.2) is 57.2 Å². The zero-order chi connectivity index (χ0) is 21.0. The number of hydrogen-bond acceptors (Lipinski definition) is 0. The Morgan fingerprint density at radius 3 is 1.97 bits per heavy atom. The molecule has 0 N–H and O–H groups in total. The van der Waals surface area contributed by atoms with E-state index in [1.807, 2.05) is 0 Å². The largest absolute Gasteiger partial charge is 0.0723 e. The maximum Gasteiger partial charge on any atom is 0.0102 e. The second-order valence-electron chi connectivity index (χ2n) is 13.0. The summed E-state index contributed by atoms with van der Waals surface area (Å²) in [6.45, 7) is 19.7. The van der Waals surface area contributed by atoms with Gasteiger partial charge in [-0.25, -0.2) is 0 Å². The predicted octanol–water partition coefficient (Wildman–Crippen LogP) is 8.30. The Balaban J connectivity index is 1.65. The zero-order valence-electron chi connectivity index (χ0n) is 19.9. The summed E-state index contributed by atoms with van der Waals surface area (Å²) in [4.78, 5) is 0. The molecular weight excluding hydrogens is 348 g/mol. The first-order chi connectivity index (χ1) is 13.3. The van der Waals surface area contributed by atoms with Crippen LogP contribution in [0.3, 0.4) is 0 Å². The van der Waals surface area contributed by atoms with E-state index in [0.717, 1.165) is 6.42 Å². The monoisotopic (exact) mass is 387 g/mol. The van der Waals surface area contributed by atoms with Crippen LogP contribution in [0.2, 0.25) is 0 Å².